The van der Waals surface area contributed by atoms with Crippen molar-refractivity contribution >= 4 is 28.4 Å². The number of nitrogens with one attached hydrogen (secondary N) is 2. The summed E-state index contributed by atoms with van der Waals surface area (Å²) in [5.74, 6) is -0.718. The molecule has 0 saturated carbocycles. The van der Waals surface area contributed by atoms with Gasteiger partial charge >= 0.3 is 12.1 Å². The van der Waals surface area contributed by atoms with Crippen molar-refractivity contribution in [2.75, 3.05) is 30.8 Å². The summed E-state index contributed by atoms with van der Waals surface area (Å²) in [6, 6.07) is 10.4. The van der Waals surface area contributed by atoms with Crippen molar-refractivity contribution in [3.8, 4) is 17.0 Å². The number of nitrogens with zero attached hydrogens (tertiary/aromatic N) is 3. The van der Waals surface area contributed by atoms with E-state index in [4.69, 9.17) is 4.74 Å². The van der Waals surface area contributed by atoms with Gasteiger partial charge in [-0.2, -0.15) is 13.2 Å². The van der Waals surface area contributed by atoms with Crippen LogP contribution in [0.1, 0.15) is 16.1 Å². The highest BCUT2D eigenvalue weighted by molar-refractivity contribution is 5.95. The quantitative estimate of drug-likeness (QED) is 0.258. The summed E-state index contributed by atoms with van der Waals surface area (Å²) in [4.78, 5) is 19.8. The molecule has 2 heterocycles. The molecule has 0 aliphatic carbocycles. The molecule has 4 rings (SSSR count). The lowest BCUT2D eigenvalue weighted by molar-refractivity contribution is -0.115. The van der Waals surface area contributed by atoms with Gasteiger partial charge in [0, 0.05) is 41.5 Å². The van der Waals surface area contributed by atoms with Crippen LogP contribution in [-0.2, 0) is 6.54 Å². The van der Waals surface area contributed by atoms with Crippen molar-refractivity contribution in [2.45, 2.75) is 19.6 Å². The number of aromatic carboxylic acids is 1. The van der Waals surface area contributed by atoms with E-state index in [0.29, 0.717) is 46.8 Å². The lowest BCUT2D eigenvalue weighted by Crippen LogP contribution is -2.22. The molecule has 2 aromatic heterocycles. The number of hydrogen-bond donors (Lipinski definition) is 3. The first kappa shape index (κ1) is 25.7. The van der Waals surface area contributed by atoms with Gasteiger partial charge in [-0.25, -0.2) is 19.2 Å². The van der Waals surface area contributed by atoms with Crippen LogP contribution in [0.2, 0.25) is 0 Å². The standard InChI is InChI=1S/C25H23F4N5O3/c1-14-9-17-21(37-2)6-5-18(26)23(17)34(14)8-7-30-22-11-19(32-13-33-22)15-3-4-16(24(35)36)20(10-15)31-12-25(27,28)29/h3-6,9-11,13,31H,7-8,12H2,1-2H3,(H,35,36)(H,30,32,33). The zero-order valence-electron chi connectivity index (χ0n) is 19.9. The number of alkyl halides is 3. The Hall–Kier alpha value is -4.35. The maximum Gasteiger partial charge on any atom is 0.405 e. The van der Waals surface area contributed by atoms with Crippen molar-refractivity contribution in [1.29, 1.82) is 0 Å². The molecule has 0 aliphatic rings. The van der Waals surface area contributed by atoms with E-state index in [1.807, 2.05) is 17.6 Å². The van der Waals surface area contributed by atoms with Crippen LogP contribution >= 0.6 is 0 Å². The Kier molecular flexibility index (Phi) is 7.18. The lowest BCUT2D eigenvalue weighted by atomic mass is 10.1. The van der Waals surface area contributed by atoms with E-state index in [9.17, 15) is 27.5 Å². The average Bonchev–Trinajstić information content (AvgIpc) is 3.19. The zero-order valence-corrected chi connectivity index (χ0v) is 19.9. The topological polar surface area (TPSA) is 101 Å². The highest BCUT2D eigenvalue weighted by atomic mass is 19.4. The van der Waals surface area contributed by atoms with E-state index < -0.39 is 18.7 Å². The molecule has 8 nitrogen and oxygen atoms in total. The number of hydrogen-bond acceptors (Lipinski definition) is 6. The highest BCUT2D eigenvalue weighted by Crippen LogP contribution is 2.31. The van der Waals surface area contributed by atoms with Gasteiger partial charge in [-0.05, 0) is 37.3 Å². The first-order valence-corrected chi connectivity index (χ1v) is 11.1. The molecule has 0 atom stereocenters. The first-order valence-electron chi connectivity index (χ1n) is 11.1. The maximum absolute atomic E-state index is 14.6. The SMILES string of the molecule is COc1ccc(F)c2c1cc(C)n2CCNc1cc(-c2ccc(C(=O)O)c(NCC(F)(F)F)c2)ncn1. The number of ether oxygens (including phenoxy) is 1. The Labute approximate surface area is 208 Å². The Morgan fingerprint density at radius 3 is 2.59 bits per heavy atom. The number of aryl methyl sites for hydroxylation is 1. The number of carbonyl (C=O) groups is 1. The number of carboxylic acid groups (broad SMARTS) is 1. The number of benzene rings is 2. The number of aromatic nitrogens is 3. The lowest BCUT2D eigenvalue weighted by Gasteiger charge is -2.14. The van der Waals surface area contributed by atoms with Crippen LogP contribution in [0.4, 0.5) is 29.1 Å². The van der Waals surface area contributed by atoms with E-state index in [1.54, 1.807) is 12.1 Å². The van der Waals surface area contributed by atoms with Crippen LogP contribution in [0.25, 0.3) is 22.2 Å². The number of fused-ring (bicyclic) bond motifs is 1. The Bertz CT molecular complexity index is 1450. The van der Waals surface area contributed by atoms with E-state index in [-0.39, 0.29) is 17.1 Å². The van der Waals surface area contributed by atoms with Crippen LogP contribution in [0.5, 0.6) is 5.75 Å². The summed E-state index contributed by atoms with van der Waals surface area (Å²) in [6.45, 7) is 1.28. The van der Waals surface area contributed by atoms with Gasteiger partial charge < -0.3 is 25.0 Å². The Balaban J connectivity index is 1.53. The van der Waals surface area contributed by atoms with Crippen molar-refractivity contribution in [2.24, 2.45) is 0 Å². The van der Waals surface area contributed by atoms with Gasteiger partial charge in [0.05, 0.1) is 23.9 Å². The molecule has 37 heavy (non-hydrogen) atoms. The molecule has 4 aromatic rings. The van der Waals surface area contributed by atoms with E-state index >= 15 is 0 Å². The molecule has 3 N–H and O–H groups in total. The fourth-order valence-corrected chi connectivity index (χ4v) is 4.05. The highest BCUT2D eigenvalue weighted by Gasteiger charge is 2.27. The summed E-state index contributed by atoms with van der Waals surface area (Å²) >= 11 is 0. The fraction of sp³-hybridized carbons (Fsp3) is 0.240. The molecule has 0 amide bonds. The van der Waals surface area contributed by atoms with Crippen molar-refractivity contribution in [3.63, 3.8) is 0 Å². The molecular formula is C25H23F4N5O3. The number of carboxylic acids is 1. The summed E-state index contributed by atoms with van der Waals surface area (Å²) in [5, 5.41) is 15.3. The van der Waals surface area contributed by atoms with Gasteiger partial charge in [-0.3, -0.25) is 0 Å². The summed E-state index contributed by atoms with van der Waals surface area (Å²) in [6.07, 6.45) is -3.23. The molecular weight excluding hydrogens is 494 g/mol. The minimum absolute atomic E-state index is 0.178. The molecule has 0 fully saturated rings. The predicted octanol–water partition coefficient (Wildman–Crippen LogP) is 5.34. The van der Waals surface area contributed by atoms with E-state index in [2.05, 4.69) is 20.6 Å². The molecule has 0 aliphatic heterocycles. The second-order valence-corrected chi connectivity index (χ2v) is 8.20. The minimum Gasteiger partial charge on any atom is -0.496 e. The summed E-state index contributed by atoms with van der Waals surface area (Å²) in [5.41, 5.74) is 1.59. The third-order valence-electron chi connectivity index (χ3n) is 5.73. The van der Waals surface area contributed by atoms with Crippen molar-refractivity contribution in [3.05, 3.63) is 65.9 Å². The molecule has 0 saturated heterocycles. The first-order chi connectivity index (χ1) is 17.6. The fourth-order valence-electron chi connectivity index (χ4n) is 4.05. The third kappa shape index (κ3) is 5.74. The molecule has 194 valence electrons. The van der Waals surface area contributed by atoms with E-state index in [0.717, 1.165) is 5.69 Å². The number of anilines is 2. The summed E-state index contributed by atoms with van der Waals surface area (Å²) < 4.78 is 59.8. The van der Waals surface area contributed by atoms with Crippen LogP contribution in [0.3, 0.4) is 0 Å². The molecule has 0 spiro atoms. The van der Waals surface area contributed by atoms with Crippen LogP contribution in [0, 0.1) is 12.7 Å². The molecule has 0 bridgehead atoms. The van der Waals surface area contributed by atoms with Gasteiger partial charge in [0.25, 0.3) is 0 Å². The smallest absolute Gasteiger partial charge is 0.405 e. The monoisotopic (exact) mass is 517 g/mol. The Morgan fingerprint density at radius 1 is 1.11 bits per heavy atom. The Morgan fingerprint density at radius 2 is 1.89 bits per heavy atom. The van der Waals surface area contributed by atoms with Crippen LogP contribution in [-0.4, -0.2) is 52.0 Å². The van der Waals surface area contributed by atoms with Gasteiger partial charge in [0.15, 0.2) is 0 Å². The van der Waals surface area contributed by atoms with Crippen molar-refractivity contribution in [1.82, 2.24) is 14.5 Å². The average molecular weight is 517 g/mol. The molecule has 2 aromatic carbocycles. The normalized spacial score (nSPS) is 11.5. The number of rotatable bonds is 9. The van der Waals surface area contributed by atoms with E-state index in [1.165, 1.54) is 37.7 Å². The minimum atomic E-state index is -4.52. The van der Waals surface area contributed by atoms with Gasteiger partial charge in [-0.1, -0.05) is 6.07 Å². The second kappa shape index (κ2) is 10.3. The van der Waals surface area contributed by atoms with Gasteiger partial charge in [0.2, 0.25) is 0 Å². The predicted molar refractivity (Wildman–Crippen MR) is 131 cm³/mol. The molecule has 0 radical (unpaired) electrons. The second-order valence-electron chi connectivity index (χ2n) is 8.20. The maximum atomic E-state index is 14.6. The molecule has 0 unspecified atom stereocenters. The van der Waals surface area contributed by atoms with Crippen molar-refractivity contribution < 1.29 is 32.2 Å². The van der Waals surface area contributed by atoms with Gasteiger partial charge in [-0.15, -0.1) is 0 Å². The third-order valence-corrected chi connectivity index (χ3v) is 5.73. The van der Waals surface area contributed by atoms with Gasteiger partial charge in [0.1, 0.15) is 30.3 Å². The number of halogens is 4. The van der Waals surface area contributed by atoms with Crippen LogP contribution in [0.15, 0.2) is 48.8 Å². The summed E-state index contributed by atoms with van der Waals surface area (Å²) in [7, 11) is 1.53. The largest absolute Gasteiger partial charge is 0.496 e. The van der Waals surface area contributed by atoms with Crippen LogP contribution < -0.4 is 15.4 Å². The molecule has 12 heteroatoms. The number of methoxy groups -OCH3 is 1. The zero-order chi connectivity index (χ0) is 26.7.